The SMILES string of the molecule is O=C(Nc1ccc(-n2ccnn2)cc1)N[C@H]1CC[C@@H](C(=O)N2CCCC2)C1. The first-order chi connectivity index (χ1) is 13.2. The number of nitrogens with zero attached hydrogens (tertiary/aromatic N) is 4. The molecule has 2 atom stereocenters. The van der Waals surface area contributed by atoms with Gasteiger partial charge in [-0.2, -0.15) is 0 Å². The maximum atomic E-state index is 12.5. The molecule has 3 amide bonds. The summed E-state index contributed by atoms with van der Waals surface area (Å²) in [6.07, 6.45) is 8.03. The fraction of sp³-hybridized carbons (Fsp3) is 0.474. The molecule has 2 aromatic rings. The molecule has 0 radical (unpaired) electrons. The van der Waals surface area contributed by atoms with Gasteiger partial charge in [0.25, 0.3) is 0 Å². The Bertz CT molecular complexity index is 783. The molecular formula is C19H24N6O2. The molecule has 8 heteroatoms. The van der Waals surface area contributed by atoms with Crippen molar-refractivity contribution >= 4 is 17.6 Å². The van der Waals surface area contributed by atoms with E-state index in [9.17, 15) is 9.59 Å². The van der Waals surface area contributed by atoms with Gasteiger partial charge in [-0.05, 0) is 56.4 Å². The molecule has 8 nitrogen and oxygen atoms in total. The molecule has 1 aliphatic heterocycles. The van der Waals surface area contributed by atoms with E-state index in [0.29, 0.717) is 5.69 Å². The number of hydrogen-bond donors (Lipinski definition) is 2. The van der Waals surface area contributed by atoms with E-state index in [2.05, 4.69) is 20.9 Å². The number of urea groups is 1. The summed E-state index contributed by atoms with van der Waals surface area (Å²) >= 11 is 0. The van der Waals surface area contributed by atoms with Gasteiger partial charge in [-0.3, -0.25) is 4.79 Å². The van der Waals surface area contributed by atoms with Gasteiger partial charge >= 0.3 is 6.03 Å². The number of benzene rings is 1. The van der Waals surface area contributed by atoms with Gasteiger partial charge in [0, 0.05) is 30.7 Å². The number of aromatic nitrogens is 3. The first-order valence-electron chi connectivity index (χ1n) is 9.52. The van der Waals surface area contributed by atoms with Crippen LogP contribution in [-0.2, 0) is 4.79 Å². The average Bonchev–Trinajstić information content (AvgIpc) is 3.43. The highest BCUT2D eigenvalue weighted by atomic mass is 16.2. The van der Waals surface area contributed by atoms with Crippen LogP contribution in [0.2, 0.25) is 0 Å². The molecule has 1 saturated heterocycles. The molecule has 2 aliphatic rings. The van der Waals surface area contributed by atoms with E-state index in [1.165, 1.54) is 0 Å². The number of carbonyl (C=O) groups is 2. The minimum absolute atomic E-state index is 0.0513. The van der Waals surface area contributed by atoms with Crippen LogP contribution in [0.25, 0.3) is 5.69 Å². The largest absolute Gasteiger partial charge is 0.342 e. The lowest BCUT2D eigenvalue weighted by Crippen LogP contribution is -2.38. The van der Waals surface area contributed by atoms with E-state index in [0.717, 1.165) is 50.9 Å². The number of amides is 3. The smallest absolute Gasteiger partial charge is 0.319 e. The summed E-state index contributed by atoms with van der Waals surface area (Å²) in [4.78, 5) is 26.7. The van der Waals surface area contributed by atoms with E-state index in [-0.39, 0.29) is 23.9 Å². The minimum Gasteiger partial charge on any atom is -0.342 e. The molecule has 1 saturated carbocycles. The van der Waals surface area contributed by atoms with Crippen molar-refractivity contribution in [3.05, 3.63) is 36.7 Å². The number of likely N-dealkylation sites (tertiary alicyclic amines) is 1. The first kappa shape index (κ1) is 17.5. The number of rotatable bonds is 4. The Balaban J connectivity index is 1.26. The number of carbonyl (C=O) groups excluding carboxylic acids is 2. The van der Waals surface area contributed by atoms with E-state index in [1.807, 2.05) is 29.2 Å². The molecule has 1 aromatic heterocycles. The van der Waals surface area contributed by atoms with Crippen molar-refractivity contribution in [2.45, 2.75) is 38.1 Å². The van der Waals surface area contributed by atoms with Crippen LogP contribution in [0.5, 0.6) is 0 Å². The average molecular weight is 368 g/mol. The second-order valence-electron chi connectivity index (χ2n) is 7.23. The lowest BCUT2D eigenvalue weighted by atomic mass is 10.1. The van der Waals surface area contributed by atoms with Crippen molar-refractivity contribution in [2.75, 3.05) is 18.4 Å². The van der Waals surface area contributed by atoms with E-state index in [1.54, 1.807) is 17.1 Å². The zero-order chi connectivity index (χ0) is 18.6. The van der Waals surface area contributed by atoms with Gasteiger partial charge in [-0.25, -0.2) is 9.48 Å². The monoisotopic (exact) mass is 368 g/mol. The molecule has 4 rings (SSSR count). The van der Waals surface area contributed by atoms with Crippen LogP contribution in [0.4, 0.5) is 10.5 Å². The number of nitrogens with one attached hydrogen (secondary N) is 2. The van der Waals surface area contributed by atoms with Crippen LogP contribution < -0.4 is 10.6 Å². The fourth-order valence-corrected chi connectivity index (χ4v) is 3.93. The summed E-state index contributed by atoms with van der Waals surface area (Å²) in [6, 6.07) is 7.20. The van der Waals surface area contributed by atoms with Crippen molar-refractivity contribution in [1.29, 1.82) is 0 Å². The van der Waals surface area contributed by atoms with Crippen LogP contribution in [0.3, 0.4) is 0 Å². The maximum Gasteiger partial charge on any atom is 0.319 e. The van der Waals surface area contributed by atoms with Crippen molar-refractivity contribution in [3.8, 4) is 5.69 Å². The topological polar surface area (TPSA) is 92.1 Å². The molecule has 2 N–H and O–H groups in total. The van der Waals surface area contributed by atoms with Crippen LogP contribution in [0.1, 0.15) is 32.1 Å². The third-order valence-corrected chi connectivity index (χ3v) is 5.35. The van der Waals surface area contributed by atoms with E-state index in [4.69, 9.17) is 0 Å². The summed E-state index contributed by atoms with van der Waals surface area (Å²) in [5.41, 5.74) is 1.58. The maximum absolute atomic E-state index is 12.5. The molecular weight excluding hydrogens is 344 g/mol. The molecule has 1 aromatic carbocycles. The van der Waals surface area contributed by atoms with Gasteiger partial charge in [-0.1, -0.05) is 5.21 Å². The summed E-state index contributed by atoms with van der Waals surface area (Å²) in [5.74, 6) is 0.316. The van der Waals surface area contributed by atoms with Gasteiger partial charge in [-0.15, -0.1) is 5.10 Å². The van der Waals surface area contributed by atoms with Gasteiger partial charge in [0.2, 0.25) is 5.91 Å². The Kier molecular flexibility index (Phi) is 5.04. The molecule has 2 fully saturated rings. The predicted molar refractivity (Wildman–Crippen MR) is 100 cm³/mol. The summed E-state index contributed by atoms with van der Waals surface area (Å²) in [5, 5.41) is 13.6. The van der Waals surface area contributed by atoms with Gasteiger partial charge in [0.05, 0.1) is 18.1 Å². The van der Waals surface area contributed by atoms with Crippen molar-refractivity contribution < 1.29 is 9.59 Å². The van der Waals surface area contributed by atoms with Crippen LogP contribution in [0, 0.1) is 5.92 Å². The highest BCUT2D eigenvalue weighted by Gasteiger charge is 2.34. The summed E-state index contributed by atoms with van der Waals surface area (Å²) < 4.78 is 1.65. The quantitative estimate of drug-likeness (QED) is 0.865. The van der Waals surface area contributed by atoms with Crippen molar-refractivity contribution in [1.82, 2.24) is 25.2 Å². The zero-order valence-corrected chi connectivity index (χ0v) is 15.2. The molecule has 0 spiro atoms. The third-order valence-electron chi connectivity index (χ3n) is 5.35. The second-order valence-corrected chi connectivity index (χ2v) is 7.23. The van der Waals surface area contributed by atoms with Gasteiger partial charge in [0.15, 0.2) is 0 Å². The van der Waals surface area contributed by atoms with Crippen molar-refractivity contribution in [3.63, 3.8) is 0 Å². The number of hydrogen-bond acceptors (Lipinski definition) is 4. The highest BCUT2D eigenvalue weighted by Crippen LogP contribution is 2.28. The zero-order valence-electron chi connectivity index (χ0n) is 15.2. The second kappa shape index (κ2) is 7.77. The van der Waals surface area contributed by atoms with E-state index >= 15 is 0 Å². The van der Waals surface area contributed by atoms with Gasteiger partial charge < -0.3 is 15.5 Å². The Labute approximate surface area is 157 Å². The van der Waals surface area contributed by atoms with Crippen LogP contribution in [0.15, 0.2) is 36.7 Å². The Morgan fingerprint density at radius 2 is 1.85 bits per heavy atom. The molecule has 0 unspecified atom stereocenters. The molecule has 1 aliphatic carbocycles. The fourth-order valence-electron chi connectivity index (χ4n) is 3.93. The lowest BCUT2D eigenvalue weighted by Gasteiger charge is -2.20. The van der Waals surface area contributed by atoms with Crippen LogP contribution >= 0.6 is 0 Å². The predicted octanol–water partition coefficient (Wildman–Crippen LogP) is 2.18. The Morgan fingerprint density at radius 3 is 2.56 bits per heavy atom. The standard InChI is InChI=1S/C19H24N6O2/c26-18(24-10-1-2-11-24)14-3-4-16(13-14)22-19(27)21-15-5-7-17(8-6-15)25-12-9-20-23-25/h5-9,12,14,16H,1-4,10-11,13H2,(H2,21,22,27)/t14-,16+/m1/s1. The summed E-state index contributed by atoms with van der Waals surface area (Å²) in [6.45, 7) is 1.77. The Hall–Kier alpha value is -2.90. The van der Waals surface area contributed by atoms with Gasteiger partial charge in [0.1, 0.15) is 0 Å². The Morgan fingerprint density at radius 1 is 1.07 bits per heavy atom. The molecule has 27 heavy (non-hydrogen) atoms. The lowest BCUT2D eigenvalue weighted by molar-refractivity contribution is -0.134. The summed E-state index contributed by atoms with van der Waals surface area (Å²) in [7, 11) is 0. The van der Waals surface area contributed by atoms with E-state index < -0.39 is 0 Å². The normalized spacial score (nSPS) is 22.0. The first-order valence-corrected chi connectivity index (χ1v) is 9.52. The molecule has 2 heterocycles. The minimum atomic E-state index is -0.234. The highest BCUT2D eigenvalue weighted by molar-refractivity contribution is 5.89. The van der Waals surface area contributed by atoms with Crippen molar-refractivity contribution in [2.24, 2.45) is 5.92 Å². The molecule has 142 valence electrons. The third kappa shape index (κ3) is 4.10. The van der Waals surface area contributed by atoms with Crippen LogP contribution in [-0.4, -0.2) is 51.0 Å². The molecule has 0 bridgehead atoms. The number of anilines is 1.